The number of hydrogen-bond donors (Lipinski definition) is 2. The summed E-state index contributed by atoms with van der Waals surface area (Å²) in [4.78, 5) is 39.7. The van der Waals surface area contributed by atoms with Crippen LogP contribution in [0.25, 0.3) is 0 Å². The summed E-state index contributed by atoms with van der Waals surface area (Å²) in [5, 5.41) is 5.65. The number of carbonyl (C=O) groups is 3. The minimum absolute atomic E-state index is 0.0459. The molecule has 0 atom stereocenters. The molecule has 2 N–H and O–H groups in total. The second-order valence-corrected chi connectivity index (χ2v) is 8.20. The van der Waals surface area contributed by atoms with Crippen molar-refractivity contribution in [3.05, 3.63) is 64.8 Å². The van der Waals surface area contributed by atoms with Crippen LogP contribution in [0, 0.1) is 0 Å². The van der Waals surface area contributed by atoms with Crippen molar-refractivity contribution in [3.63, 3.8) is 0 Å². The monoisotopic (exact) mass is 453 g/mol. The zero-order valence-electron chi connectivity index (χ0n) is 17.7. The van der Waals surface area contributed by atoms with Crippen molar-refractivity contribution in [3.8, 4) is 5.75 Å². The molecule has 1 fully saturated rings. The van der Waals surface area contributed by atoms with Gasteiger partial charge >= 0.3 is 0 Å². The molecule has 3 amide bonds. The lowest BCUT2D eigenvalue weighted by Crippen LogP contribution is -2.42. The lowest BCUT2D eigenvalue weighted by molar-refractivity contribution is -0.140. The fourth-order valence-electron chi connectivity index (χ4n) is 4.12. The van der Waals surface area contributed by atoms with E-state index in [1.807, 2.05) is 6.07 Å². The summed E-state index contributed by atoms with van der Waals surface area (Å²) in [6, 6.07) is 13.6. The van der Waals surface area contributed by atoms with Crippen molar-refractivity contribution in [2.24, 2.45) is 0 Å². The normalized spacial score (nSPS) is 17.0. The summed E-state index contributed by atoms with van der Waals surface area (Å²) < 4.78 is 5.27. The zero-order valence-corrected chi connectivity index (χ0v) is 18.4. The predicted molar refractivity (Wildman–Crippen MR) is 123 cm³/mol. The van der Waals surface area contributed by atoms with Crippen molar-refractivity contribution in [2.75, 3.05) is 17.7 Å². The SMILES string of the molecule is COc1ccccc1NC(=O)c1cccc(NC2=C(Cl)C(=O)N(C3CCCCC3)C2=O)c1. The van der Waals surface area contributed by atoms with Crippen LogP contribution < -0.4 is 15.4 Å². The van der Waals surface area contributed by atoms with Crippen LogP contribution in [0.2, 0.25) is 0 Å². The Kier molecular flexibility index (Phi) is 6.46. The van der Waals surface area contributed by atoms with Gasteiger partial charge in [0.25, 0.3) is 17.7 Å². The number of methoxy groups -OCH3 is 1. The lowest BCUT2D eigenvalue weighted by atomic mass is 9.94. The fraction of sp³-hybridized carbons (Fsp3) is 0.292. The Morgan fingerprint density at radius 3 is 2.53 bits per heavy atom. The fourth-order valence-corrected chi connectivity index (χ4v) is 4.34. The molecule has 7 nitrogen and oxygen atoms in total. The van der Waals surface area contributed by atoms with Gasteiger partial charge in [-0.25, -0.2) is 0 Å². The molecular formula is C24H24ClN3O4. The van der Waals surface area contributed by atoms with Crippen molar-refractivity contribution in [1.82, 2.24) is 4.90 Å². The Morgan fingerprint density at radius 2 is 1.78 bits per heavy atom. The Hall–Kier alpha value is -3.32. The first-order valence-electron chi connectivity index (χ1n) is 10.6. The summed E-state index contributed by atoms with van der Waals surface area (Å²) in [6.07, 6.45) is 4.70. The van der Waals surface area contributed by atoms with Gasteiger partial charge in [-0.1, -0.05) is 49.1 Å². The van der Waals surface area contributed by atoms with Gasteiger partial charge in [0.15, 0.2) is 0 Å². The van der Waals surface area contributed by atoms with Gasteiger partial charge in [-0.3, -0.25) is 19.3 Å². The van der Waals surface area contributed by atoms with Gasteiger partial charge in [0.2, 0.25) is 0 Å². The number of anilines is 2. The molecule has 2 aromatic carbocycles. The maximum atomic E-state index is 13.0. The van der Waals surface area contributed by atoms with E-state index in [-0.39, 0.29) is 22.7 Å². The van der Waals surface area contributed by atoms with Crippen LogP contribution >= 0.6 is 11.6 Å². The number of hydrogen-bond acceptors (Lipinski definition) is 5. The second kappa shape index (κ2) is 9.44. The van der Waals surface area contributed by atoms with Crippen LogP contribution in [0.1, 0.15) is 42.5 Å². The summed E-state index contributed by atoms with van der Waals surface area (Å²) in [5.74, 6) is -0.673. The smallest absolute Gasteiger partial charge is 0.279 e. The van der Waals surface area contributed by atoms with Crippen LogP contribution in [-0.2, 0) is 9.59 Å². The quantitative estimate of drug-likeness (QED) is 0.628. The molecule has 8 heteroatoms. The second-order valence-electron chi connectivity index (χ2n) is 7.82. The molecule has 1 heterocycles. The number of imide groups is 1. The molecule has 0 radical (unpaired) electrons. The van der Waals surface area contributed by atoms with E-state index < -0.39 is 11.8 Å². The highest BCUT2D eigenvalue weighted by atomic mass is 35.5. The minimum Gasteiger partial charge on any atom is -0.495 e. The summed E-state index contributed by atoms with van der Waals surface area (Å²) in [5.41, 5.74) is 1.45. The van der Waals surface area contributed by atoms with Gasteiger partial charge in [0, 0.05) is 17.3 Å². The molecule has 32 heavy (non-hydrogen) atoms. The van der Waals surface area contributed by atoms with Crippen molar-refractivity contribution >= 4 is 40.7 Å². The third-order valence-electron chi connectivity index (χ3n) is 5.75. The number of halogens is 1. The van der Waals surface area contributed by atoms with Crippen LogP contribution in [0.3, 0.4) is 0 Å². The number of amides is 3. The van der Waals surface area contributed by atoms with Gasteiger partial charge < -0.3 is 15.4 Å². The standard InChI is InChI=1S/C24H24ClN3O4/c1-32-19-13-6-5-12-18(19)27-22(29)15-8-7-9-16(14-15)26-21-20(25)23(30)28(24(21)31)17-10-3-2-4-11-17/h5-9,12-14,17,26H,2-4,10-11H2,1H3,(H,27,29). The van der Waals surface area contributed by atoms with E-state index in [0.717, 1.165) is 32.1 Å². The van der Waals surface area contributed by atoms with E-state index in [1.54, 1.807) is 42.5 Å². The number of nitrogens with zero attached hydrogens (tertiary/aromatic N) is 1. The molecule has 0 saturated heterocycles. The zero-order chi connectivity index (χ0) is 22.7. The summed E-state index contributed by atoms with van der Waals surface area (Å²) in [6.45, 7) is 0. The van der Waals surface area contributed by atoms with Gasteiger partial charge in [-0.2, -0.15) is 0 Å². The van der Waals surface area contributed by atoms with Gasteiger partial charge in [-0.15, -0.1) is 0 Å². The number of ether oxygens (including phenoxy) is 1. The molecule has 1 saturated carbocycles. The molecule has 4 rings (SSSR count). The number of carbonyl (C=O) groups excluding carboxylic acids is 3. The molecule has 0 bridgehead atoms. The van der Waals surface area contributed by atoms with Gasteiger partial charge in [-0.05, 0) is 43.2 Å². The summed E-state index contributed by atoms with van der Waals surface area (Å²) in [7, 11) is 1.53. The van der Waals surface area contributed by atoms with E-state index in [9.17, 15) is 14.4 Å². The maximum absolute atomic E-state index is 13.0. The first-order valence-corrected chi connectivity index (χ1v) is 11.0. The molecule has 166 valence electrons. The van der Waals surface area contributed by atoms with Crippen LogP contribution in [0.15, 0.2) is 59.3 Å². The van der Waals surface area contributed by atoms with E-state index in [4.69, 9.17) is 16.3 Å². The molecule has 0 aromatic heterocycles. The molecule has 0 spiro atoms. The molecular weight excluding hydrogens is 430 g/mol. The van der Waals surface area contributed by atoms with E-state index >= 15 is 0 Å². The Balaban J connectivity index is 1.50. The Morgan fingerprint density at radius 1 is 1.03 bits per heavy atom. The van der Waals surface area contributed by atoms with E-state index in [2.05, 4.69) is 10.6 Å². The first-order chi connectivity index (χ1) is 15.5. The number of rotatable bonds is 6. The Bertz CT molecular complexity index is 1090. The van der Waals surface area contributed by atoms with E-state index in [1.165, 1.54) is 12.0 Å². The molecule has 2 aromatic rings. The highest BCUT2D eigenvalue weighted by Gasteiger charge is 2.42. The highest BCUT2D eigenvalue weighted by molar-refractivity contribution is 6.48. The molecule has 0 unspecified atom stereocenters. The van der Waals surface area contributed by atoms with Crippen molar-refractivity contribution in [2.45, 2.75) is 38.1 Å². The predicted octanol–water partition coefficient (Wildman–Crippen LogP) is 4.51. The topological polar surface area (TPSA) is 87.7 Å². The van der Waals surface area contributed by atoms with Crippen LogP contribution in [0.5, 0.6) is 5.75 Å². The molecule has 2 aliphatic rings. The Labute approximate surface area is 191 Å². The average Bonchev–Trinajstić information content (AvgIpc) is 3.03. The number of para-hydroxylation sites is 2. The lowest BCUT2D eigenvalue weighted by Gasteiger charge is -2.29. The molecule has 1 aliphatic carbocycles. The third-order valence-corrected chi connectivity index (χ3v) is 6.10. The van der Waals surface area contributed by atoms with Crippen molar-refractivity contribution < 1.29 is 19.1 Å². The molecule has 1 aliphatic heterocycles. The average molecular weight is 454 g/mol. The first kappa shape index (κ1) is 21.9. The maximum Gasteiger partial charge on any atom is 0.279 e. The highest BCUT2D eigenvalue weighted by Crippen LogP contribution is 2.32. The van der Waals surface area contributed by atoms with Crippen LogP contribution in [-0.4, -0.2) is 35.8 Å². The van der Waals surface area contributed by atoms with Crippen molar-refractivity contribution in [1.29, 1.82) is 0 Å². The van der Waals surface area contributed by atoms with Crippen LogP contribution in [0.4, 0.5) is 11.4 Å². The third kappa shape index (κ3) is 4.34. The largest absolute Gasteiger partial charge is 0.495 e. The summed E-state index contributed by atoms with van der Waals surface area (Å²) >= 11 is 6.24. The van der Waals surface area contributed by atoms with Gasteiger partial charge in [0.1, 0.15) is 16.5 Å². The van der Waals surface area contributed by atoms with E-state index in [0.29, 0.717) is 22.7 Å². The number of benzene rings is 2. The minimum atomic E-state index is -0.462. The number of nitrogens with one attached hydrogen (secondary N) is 2. The van der Waals surface area contributed by atoms with Gasteiger partial charge in [0.05, 0.1) is 12.8 Å².